The third-order valence-electron chi connectivity index (χ3n) is 4.61. The molecule has 0 spiro atoms. The summed E-state index contributed by atoms with van der Waals surface area (Å²) in [7, 11) is -3.34. The Labute approximate surface area is 162 Å². The van der Waals surface area contributed by atoms with Crippen molar-refractivity contribution in [3.63, 3.8) is 0 Å². The summed E-state index contributed by atoms with van der Waals surface area (Å²) in [5, 5.41) is 3.41. The van der Waals surface area contributed by atoms with Crippen LogP contribution < -0.4 is 10.1 Å². The minimum absolute atomic E-state index is 0.135. The van der Waals surface area contributed by atoms with E-state index in [1.165, 1.54) is 0 Å². The maximum absolute atomic E-state index is 12.6. The molecule has 0 radical (unpaired) electrons. The highest BCUT2D eigenvalue weighted by Crippen LogP contribution is 2.22. The Kier molecular flexibility index (Phi) is 6.52. The van der Waals surface area contributed by atoms with E-state index in [0.717, 1.165) is 29.7 Å². The molecular weight excluding hydrogens is 360 g/mol. The van der Waals surface area contributed by atoms with Gasteiger partial charge in [0, 0.05) is 31.7 Å². The summed E-state index contributed by atoms with van der Waals surface area (Å²) in [4.78, 5) is 0.379. The zero-order chi connectivity index (χ0) is 19.3. The molecule has 3 rings (SSSR count). The first kappa shape index (κ1) is 19.9. The standard InChI is InChI=1S/C21H28N2O3S/c1-17(2)26-21-8-4-3-7-19(21)16-22-15-18-9-11-20(12-10-18)27(24,25)23-13-5-6-14-23/h3-4,7-12,17,22H,5-6,13-16H2,1-2H3. The summed E-state index contributed by atoms with van der Waals surface area (Å²) < 4.78 is 32.5. The summed E-state index contributed by atoms with van der Waals surface area (Å²) in [5.74, 6) is 0.895. The molecule has 1 aliphatic rings. The van der Waals surface area contributed by atoms with Gasteiger partial charge in [0.05, 0.1) is 11.0 Å². The van der Waals surface area contributed by atoms with Gasteiger partial charge in [-0.2, -0.15) is 4.31 Å². The molecule has 0 aliphatic carbocycles. The minimum Gasteiger partial charge on any atom is -0.491 e. The molecule has 1 heterocycles. The molecule has 1 aliphatic heterocycles. The van der Waals surface area contributed by atoms with Crippen molar-refractivity contribution in [3.8, 4) is 5.75 Å². The number of hydrogen-bond donors (Lipinski definition) is 1. The van der Waals surface area contributed by atoms with Gasteiger partial charge >= 0.3 is 0 Å². The van der Waals surface area contributed by atoms with Crippen molar-refractivity contribution in [2.45, 2.75) is 50.8 Å². The third kappa shape index (κ3) is 5.09. The fraction of sp³-hybridized carbons (Fsp3) is 0.429. The quantitative estimate of drug-likeness (QED) is 0.751. The van der Waals surface area contributed by atoms with E-state index in [4.69, 9.17) is 4.74 Å². The van der Waals surface area contributed by atoms with Crippen molar-refractivity contribution < 1.29 is 13.2 Å². The number of nitrogens with one attached hydrogen (secondary N) is 1. The van der Waals surface area contributed by atoms with E-state index < -0.39 is 10.0 Å². The van der Waals surface area contributed by atoms with Crippen LogP contribution in [0.1, 0.15) is 37.8 Å². The number of sulfonamides is 1. The van der Waals surface area contributed by atoms with Gasteiger partial charge in [-0.25, -0.2) is 8.42 Å². The molecule has 5 nitrogen and oxygen atoms in total. The molecule has 0 unspecified atom stereocenters. The molecule has 0 atom stereocenters. The Hall–Kier alpha value is -1.89. The molecule has 0 bridgehead atoms. The second-order valence-corrected chi connectivity index (χ2v) is 9.07. The molecule has 0 amide bonds. The van der Waals surface area contributed by atoms with Crippen molar-refractivity contribution in [2.24, 2.45) is 0 Å². The highest BCUT2D eigenvalue weighted by atomic mass is 32.2. The van der Waals surface area contributed by atoms with Crippen LogP contribution >= 0.6 is 0 Å². The molecule has 2 aromatic rings. The Morgan fingerprint density at radius 3 is 2.33 bits per heavy atom. The Morgan fingerprint density at radius 2 is 1.67 bits per heavy atom. The van der Waals surface area contributed by atoms with Crippen LogP contribution in [0.15, 0.2) is 53.4 Å². The third-order valence-corrected chi connectivity index (χ3v) is 6.52. The van der Waals surface area contributed by atoms with Gasteiger partial charge < -0.3 is 10.1 Å². The lowest BCUT2D eigenvalue weighted by Crippen LogP contribution is -2.27. The van der Waals surface area contributed by atoms with Crippen molar-refractivity contribution in [1.29, 1.82) is 0 Å². The van der Waals surface area contributed by atoms with Gasteiger partial charge in [0.1, 0.15) is 5.75 Å². The van der Waals surface area contributed by atoms with Gasteiger partial charge in [-0.3, -0.25) is 0 Å². The molecule has 146 valence electrons. The van der Waals surface area contributed by atoms with E-state index in [-0.39, 0.29) is 6.10 Å². The van der Waals surface area contributed by atoms with Gasteiger partial charge in [0.25, 0.3) is 0 Å². The monoisotopic (exact) mass is 388 g/mol. The second-order valence-electron chi connectivity index (χ2n) is 7.13. The number of benzene rings is 2. The Balaban J connectivity index is 1.58. The maximum Gasteiger partial charge on any atom is 0.243 e. The number of rotatable bonds is 8. The molecule has 2 aromatic carbocycles. The largest absolute Gasteiger partial charge is 0.491 e. The molecule has 1 N–H and O–H groups in total. The minimum atomic E-state index is -3.34. The van der Waals surface area contributed by atoms with Gasteiger partial charge in [-0.15, -0.1) is 0 Å². The van der Waals surface area contributed by atoms with Gasteiger partial charge in [0.15, 0.2) is 0 Å². The molecule has 1 saturated heterocycles. The van der Waals surface area contributed by atoms with Crippen molar-refractivity contribution in [3.05, 3.63) is 59.7 Å². The van der Waals surface area contributed by atoms with Crippen molar-refractivity contribution in [2.75, 3.05) is 13.1 Å². The predicted molar refractivity (Wildman–Crippen MR) is 107 cm³/mol. The van der Waals surface area contributed by atoms with Crippen LogP contribution in [0.2, 0.25) is 0 Å². The lowest BCUT2D eigenvalue weighted by Gasteiger charge is -2.16. The zero-order valence-electron chi connectivity index (χ0n) is 16.0. The summed E-state index contributed by atoms with van der Waals surface area (Å²) >= 11 is 0. The fourth-order valence-electron chi connectivity index (χ4n) is 3.22. The summed E-state index contributed by atoms with van der Waals surface area (Å²) in [6.07, 6.45) is 2.03. The summed E-state index contributed by atoms with van der Waals surface area (Å²) in [6, 6.07) is 15.2. The number of ether oxygens (including phenoxy) is 1. The molecule has 0 aromatic heterocycles. The molecule has 6 heteroatoms. The fourth-order valence-corrected chi connectivity index (χ4v) is 4.73. The molecule has 27 heavy (non-hydrogen) atoms. The van der Waals surface area contributed by atoms with Gasteiger partial charge in [0.2, 0.25) is 10.0 Å². The van der Waals surface area contributed by atoms with Crippen LogP contribution in [0, 0.1) is 0 Å². The lowest BCUT2D eigenvalue weighted by atomic mass is 10.2. The van der Waals surface area contributed by atoms with E-state index in [0.29, 0.717) is 31.1 Å². The highest BCUT2D eigenvalue weighted by Gasteiger charge is 2.26. The highest BCUT2D eigenvalue weighted by molar-refractivity contribution is 7.89. The zero-order valence-corrected chi connectivity index (χ0v) is 16.8. The first-order valence-corrected chi connectivity index (χ1v) is 11.0. The average Bonchev–Trinajstić information content (AvgIpc) is 3.19. The van der Waals surface area contributed by atoms with Crippen LogP contribution in [0.3, 0.4) is 0 Å². The van der Waals surface area contributed by atoms with Crippen LogP contribution in [0.25, 0.3) is 0 Å². The molecule has 1 fully saturated rings. The van der Waals surface area contributed by atoms with E-state index in [1.807, 2.05) is 44.2 Å². The van der Waals surface area contributed by atoms with E-state index in [1.54, 1.807) is 16.4 Å². The lowest BCUT2D eigenvalue weighted by molar-refractivity contribution is 0.239. The Bertz CT molecular complexity index is 842. The van der Waals surface area contributed by atoms with Crippen molar-refractivity contribution >= 4 is 10.0 Å². The number of hydrogen-bond acceptors (Lipinski definition) is 4. The van der Waals surface area contributed by atoms with Gasteiger partial charge in [-0.1, -0.05) is 30.3 Å². The first-order valence-electron chi connectivity index (χ1n) is 9.51. The van der Waals surface area contributed by atoms with E-state index in [9.17, 15) is 8.42 Å². The second kappa shape index (κ2) is 8.87. The van der Waals surface area contributed by atoms with Crippen LogP contribution in [-0.4, -0.2) is 31.9 Å². The average molecular weight is 389 g/mol. The normalized spacial score (nSPS) is 15.4. The predicted octanol–water partition coefficient (Wildman–Crippen LogP) is 3.55. The summed E-state index contributed by atoms with van der Waals surface area (Å²) in [5.41, 5.74) is 2.16. The SMILES string of the molecule is CC(C)Oc1ccccc1CNCc1ccc(S(=O)(=O)N2CCCC2)cc1. The van der Waals surface area contributed by atoms with Crippen molar-refractivity contribution in [1.82, 2.24) is 9.62 Å². The Morgan fingerprint density at radius 1 is 1.00 bits per heavy atom. The van der Waals surface area contributed by atoms with E-state index >= 15 is 0 Å². The number of para-hydroxylation sites is 1. The first-order chi connectivity index (χ1) is 13.0. The van der Waals surface area contributed by atoms with Crippen LogP contribution in [0.4, 0.5) is 0 Å². The van der Waals surface area contributed by atoms with Gasteiger partial charge in [-0.05, 0) is 50.5 Å². The number of nitrogens with zero attached hydrogens (tertiary/aromatic N) is 1. The van der Waals surface area contributed by atoms with Crippen LogP contribution in [0.5, 0.6) is 5.75 Å². The molecule has 0 saturated carbocycles. The topological polar surface area (TPSA) is 58.6 Å². The smallest absolute Gasteiger partial charge is 0.243 e. The van der Waals surface area contributed by atoms with E-state index in [2.05, 4.69) is 11.4 Å². The molecular formula is C21H28N2O3S. The maximum atomic E-state index is 12.6. The summed E-state index contributed by atoms with van der Waals surface area (Å²) in [6.45, 7) is 6.65. The van der Waals surface area contributed by atoms with Crippen LogP contribution in [-0.2, 0) is 23.1 Å².